The number of nitrogens with two attached hydrogens (primary N) is 1. The molecule has 0 fully saturated rings. The van der Waals surface area contributed by atoms with Crippen molar-refractivity contribution in [3.05, 3.63) is 47.7 Å². The number of aliphatic imine (C=N–C) groups is 1. The minimum absolute atomic E-state index is 0. The van der Waals surface area contributed by atoms with Crippen LogP contribution in [0.15, 0.2) is 41.5 Å². The van der Waals surface area contributed by atoms with Gasteiger partial charge in [-0.15, -0.1) is 24.0 Å². The fraction of sp³-hybridized carbons (Fsp3) is 0.333. The number of halogens is 4. The number of guanidine groups is 1. The minimum atomic E-state index is -4.53. The first-order valence-electron chi connectivity index (χ1n) is 8.25. The van der Waals surface area contributed by atoms with Crippen LogP contribution in [0.2, 0.25) is 0 Å². The zero-order valence-corrected chi connectivity index (χ0v) is 18.2. The molecule has 29 heavy (non-hydrogen) atoms. The van der Waals surface area contributed by atoms with Crippen LogP contribution in [-0.4, -0.2) is 38.3 Å². The summed E-state index contributed by atoms with van der Waals surface area (Å²) in [6.45, 7) is 0.389. The van der Waals surface area contributed by atoms with Gasteiger partial charge in [0.1, 0.15) is 12.2 Å². The Hall–Kier alpha value is -2.44. The van der Waals surface area contributed by atoms with Crippen LogP contribution in [0, 0.1) is 0 Å². The van der Waals surface area contributed by atoms with E-state index in [4.69, 9.17) is 19.9 Å². The Balaban J connectivity index is 0.00000420. The lowest BCUT2D eigenvalue weighted by molar-refractivity contribution is -0.139. The van der Waals surface area contributed by atoms with E-state index in [-0.39, 0.29) is 43.1 Å². The highest BCUT2D eigenvalue weighted by Crippen LogP contribution is 2.34. The topological polar surface area (TPSA) is 91.0 Å². The van der Waals surface area contributed by atoms with Crippen molar-refractivity contribution in [2.24, 2.45) is 10.7 Å². The predicted molar refractivity (Wildman–Crippen MR) is 113 cm³/mol. The van der Waals surface area contributed by atoms with Crippen LogP contribution in [0.4, 0.5) is 13.2 Å². The van der Waals surface area contributed by atoms with E-state index < -0.39 is 17.6 Å². The summed E-state index contributed by atoms with van der Waals surface area (Å²) in [5.41, 5.74) is 5.68. The molecule has 0 radical (unpaired) electrons. The van der Waals surface area contributed by atoms with Crippen molar-refractivity contribution in [2.75, 3.05) is 27.4 Å². The number of nitrogens with zero attached hydrogens (tertiary/aromatic N) is 2. The number of hydrogen-bond acceptors (Lipinski definition) is 5. The molecule has 0 aliphatic rings. The highest BCUT2D eigenvalue weighted by molar-refractivity contribution is 14.0. The standard InChI is InChI=1S/C18H21F3N4O3.HI/c1-26-14-6-5-12(10-15(14)27-2)11-25-17(22)24-8-9-28-16-13(18(19,20)21)4-3-7-23-16;/h3-7,10H,8-9,11H2,1-2H3,(H3,22,24,25);1H. The van der Waals surface area contributed by atoms with Gasteiger partial charge >= 0.3 is 6.18 Å². The van der Waals surface area contributed by atoms with E-state index in [0.29, 0.717) is 18.0 Å². The first kappa shape index (κ1) is 24.6. The van der Waals surface area contributed by atoms with E-state index >= 15 is 0 Å². The third-order valence-electron chi connectivity index (χ3n) is 3.60. The van der Waals surface area contributed by atoms with Gasteiger partial charge in [0.25, 0.3) is 0 Å². The van der Waals surface area contributed by atoms with E-state index in [1.165, 1.54) is 19.4 Å². The lowest BCUT2D eigenvalue weighted by Gasteiger charge is -2.13. The van der Waals surface area contributed by atoms with Gasteiger partial charge in [-0.05, 0) is 29.8 Å². The fourth-order valence-corrected chi connectivity index (χ4v) is 2.26. The van der Waals surface area contributed by atoms with Crippen molar-refractivity contribution in [1.29, 1.82) is 0 Å². The molecule has 1 heterocycles. The molecule has 0 spiro atoms. The Morgan fingerprint density at radius 1 is 1.17 bits per heavy atom. The average Bonchev–Trinajstić information content (AvgIpc) is 2.69. The molecule has 0 aliphatic heterocycles. The largest absolute Gasteiger partial charge is 0.493 e. The summed E-state index contributed by atoms with van der Waals surface area (Å²) < 4.78 is 54.0. The summed E-state index contributed by atoms with van der Waals surface area (Å²) in [6.07, 6.45) is -3.30. The van der Waals surface area contributed by atoms with E-state index in [9.17, 15) is 13.2 Å². The Morgan fingerprint density at radius 2 is 1.90 bits per heavy atom. The summed E-state index contributed by atoms with van der Waals surface area (Å²) in [4.78, 5) is 7.78. The molecule has 3 N–H and O–H groups in total. The van der Waals surface area contributed by atoms with Gasteiger partial charge in [-0.25, -0.2) is 9.98 Å². The molecule has 11 heteroatoms. The molecule has 0 unspecified atom stereocenters. The number of ether oxygens (including phenoxy) is 3. The van der Waals surface area contributed by atoms with E-state index in [0.717, 1.165) is 11.6 Å². The van der Waals surface area contributed by atoms with Gasteiger partial charge in [0, 0.05) is 6.20 Å². The van der Waals surface area contributed by atoms with Crippen LogP contribution < -0.4 is 25.3 Å². The van der Waals surface area contributed by atoms with E-state index in [2.05, 4.69) is 15.3 Å². The fourth-order valence-electron chi connectivity index (χ4n) is 2.26. The lowest BCUT2D eigenvalue weighted by Crippen LogP contribution is -2.34. The molecule has 0 amide bonds. The van der Waals surface area contributed by atoms with Crippen molar-refractivity contribution < 1.29 is 27.4 Å². The molecule has 1 aromatic carbocycles. The smallest absolute Gasteiger partial charge is 0.421 e. The summed E-state index contributed by atoms with van der Waals surface area (Å²) in [5.74, 6) is 0.838. The Labute approximate surface area is 183 Å². The van der Waals surface area contributed by atoms with Gasteiger partial charge in [-0.1, -0.05) is 6.07 Å². The van der Waals surface area contributed by atoms with Gasteiger partial charge in [0.2, 0.25) is 5.88 Å². The number of methoxy groups -OCH3 is 2. The Bertz CT molecular complexity index is 819. The van der Waals surface area contributed by atoms with Gasteiger partial charge in [0.15, 0.2) is 17.5 Å². The third-order valence-corrected chi connectivity index (χ3v) is 3.60. The van der Waals surface area contributed by atoms with Crippen molar-refractivity contribution in [2.45, 2.75) is 12.7 Å². The first-order valence-corrected chi connectivity index (χ1v) is 8.25. The van der Waals surface area contributed by atoms with Crippen LogP contribution in [0.3, 0.4) is 0 Å². The monoisotopic (exact) mass is 526 g/mol. The lowest BCUT2D eigenvalue weighted by atomic mass is 10.2. The maximum atomic E-state index is 12.9. The molecule has 0 bridgehead atoms. The molecule has 7 nitrogen and oxygen atoms in total. The molecule has 2 rings (SSSR count). The average molecular weight is 526 g/mol. The predicted octanol–water partition coefficient (Wildman–Crippen LogP) is 3.22. The number of nitrogens with one attached hydrogen (secondary N) is 1. The SMILES string of the molecule is COc1ccc(CN=C(N)NCCOc2ncccc2C(F)(F)F)cc1OC.I. The van der Waals surface area contributed by atoms with Gasteiger partial charge < -0.3 is 25.3 Å². The Morgan fingerprint density at radius 3 is 2.55 bits per heavy atom. The van der Waals surface area contributed by atoms with Crippen molar-refractivity contribution in [3.63, 3.8) is 0 Å². The molecule has 1 aromatic heterocycles. The highest BCUT2D eigenvalue weighted by atomic mass is 127. The number of rotatable bonds is 8. The molecule has 0 aliphatic carbocycles. The number of hydrogen-bond donors (Lipinski definition) is 2. The number of pyridine rings is 1. The summed E-state index contributed by atoms with van der Waals surface area (Å²) in [6, 6.07) is 7.47. The minimum Gasteiger partial charge on any atom is -0.493 e. The molecular weight excluding hydrogens is 504 g/mol. The zero-order chi connectivity index (χ0) is 20.6. The number of alkyl halides is 3. The van der Waals surface area contributed by atoms with Crippen LogP contribution >= 0.6 is 24.0 Å². The first-order chi connectivity index (χ1) is 13.3. The molecule has 2 aromatic rings. The highest BCUT2D eigenvalue weighted by Gasteiger charge is 2.34. The maximum absolute atomic E-state index is 12.9. The molecule has 0 saturated carbocycles. The van der Waals surface area contributed by atoms with Crippen LogP contribution in [0.1, 0.15) is 11.1 Å². The second-order valence-electron chi connectivity index (χ2n) is 5.52. The molecule has 0 saturated heterocycles. The normalized spacial score (nSPS) is 11.4. The molecule has 0 atom stereocenters. The zero-order valence-electron chi connectivity index (χ0n) is 15.8. The van der Waals surface area contributed by atoms with Crippen molar-refractivity contribution in [1.82, 2.24) is 10.3 Å². The summed E-state index contributed by atoms with van der Waals surface area (Å²) in [7, 11) is 3.08. The number of aromatic nitrogens is 1. The van der Waals surface area contributed by atoms with Crippen molar-refractivity contribution >= 4 is 29.9 Å². The van der Waals surface area contributed by atoms with Gasteiger partial charge in [0.05, 0.1) is 27.3 Å². The van der Waals surface area contributed by atoms with E-state index in [1.54, 1.807) is 19.2 Å². The second-order valence-corrected chi connectivity index (χ2v) is 5.52. The van der Waals surface area contributed by atoms with Crippen LogP contribution in [0.25, 0.3) is 0 Å². The summed E-state index contributed by atoms with van der Waals surface area (Å²) in [5, 5.41) is 2.77. The van der Waals surface area contributed by atoms with Crippen LogP contribution in [-0.2, 0) is 12.7 Å². The second kappa shape index (κ2) is 11.5. The van der Waals surface area contributed by atoms with Crippen molar-refractivity contribution in [3.8, 4) is 17.4 Å². The van der Waals surface area contributed by atoms with Crippen LogP contribution in [0.5, 0.6) is 17.4 Å². The Kier molecular flexibility index (Phi) is 9.78. The molecule has 160 valence electrons. The quantitative estimate of drug-likeness (QED) is 0.238. The van der Waals surface area contributed by atoms with E-state index in [1.807, 2.05) is 6.07 Å². The van der Waals surface area contributed by atoms with Gasteiger partial charge in [-0.2, -0.15) is 13.2 Å². The van der Waals surface area contributed by atoms with Gasteiger partial charge in [-0.3, -0.25) is 0 Å². The summed E-state index contributed by atoms with van der Waals surface area (Å²) >= 11 is 0. The third kappa shape index (κ3) is 7.48. The maximum Gasteiger partial charge on any atom is 0.421 e. The number of benzene rings is 1. The molecular formula is C18H22F3IN4O3.